The molecule has 4 nitrogen and oxygen atoms in total. The van der Waals surface area contributed by atoms with Gasteiger partial charge < -0.3 is 10.3 Å². The summed E-state index contributed by atoms with van der Waals surface area (Å²) in [6.07, 6.45) is 4.38. The van der Waals surface area contributed by atoms with Crippen LogP contribution < -0.4 is 5.73 Å². The highest BCUT2D eigenvalue weighted by molar-refractivity contribution is 5.81. The molecule has 21 heavy (non-hydrogen) atoms. The minimum Gasteiger partial charge on any atom is -0.326 e. The molecule has 1 aliphatic carbocycles. The SMILES string of the molecule is Cc1ccc(-c2nc3cc(CN)ccc3n2C2CC2)cn1. The van der Waals surface area contributed by atoms with E-state index in [1.807, 2.05) is 19.2 Å². The quantitative estimate of drug-likeness (QED) is 0.800. The van der Waals surface area contributed by atoms with Gasteiger partial charge in [0.2, 0.25) is 0 Å². The van der Waals surface area contributed by atoms with E-state index in [0.29, 0.717) is 12.6 Å². The van der Waals surface area contributed by atoms with Crippen molar-refractivity contribution in [3.05, 3.63) is 47.8 Å². The number of fused-ring (bicyclic) bond motifs is 1. The normalized spacial score (nSPS) is 14.8. The van der Waals surface area contributed by atoms with Crippen molar-refractivity contribution in [2.45, 2.75) is 32.4 Å². The van der Waals surface area contributed by atoms with Gasteiger partial charge in [-0.2, -0.15) is 0 Å². The minimum atomic E-state index is 0.549. The third-order valence-corrected chi connectivity index (χ3v) is 4.07. The predicted octanol–water partition coefficient (Wildman–Crippen LogP) is 3.20. The van der Waals surface area contributed by atoms with E-state index < -0.39 is 0 Å². The van der Waals surface area contributed by atoms with Crippen molar-refractivity contribution in [3.63, 3.8) is 0 Å². The second-order valence-electron chi connectivity index (χ2n) is 5.75. The molecule has 0 bridgehead atoms. The van der Waals surface area contributed by atoms with Crippen LogP contribution in [0.3, 0.4) is 0 Å². The maximum Gasteiger partial charge on any atom is 0.142 e. The molecule has 0 saturated heterocycles. The van der Waals surface area contributed by atoms with Crippen molar-refractivity contribution in [2.75, 3.05) is 0 Å². The van der Waals surface area contributed by atoms with E-state index in [1.165, 1.54) is 18.4 Å². The Labute approximate surface area is 123 Å². The monoisotopic (exact) mass is 278 g/mol. The Morgan fingerprint density at radius 2 is 2.10 bits per heavy atom. The highest BCUT2D eigenvalue weighted by Crippen LogP contribution is 2.41. The topological polar surface area (TPSA) is 56.7 Å². The van der Waals surface area contributed by atoms with Crippen LogP contribution in [0.5, 0.6) is 0 Å². The lowest BCUT2D eigenvalue weighted by Crippen LogP contribution is -1.98. The summed E-state index contributed by atoms with van der Waals surface area (Å²) in [5.74, 6) is 1.02. The molecule has 4 rings (SSSR count). The highest BCUT2D eigenvalue weighted by Gasteiger charge is 2.28. The van der Waals surface area contributed by atoms with Crippen LogP contribution >= 0.6 is 0 Å². The molecule has 0 atom stereocenters. The summed E-state index contributed by atoms with van der Waals surface area (Å²) < 4.78 is 2.36. The number of rotatable bonds is 3. The molecule has 2 N–H and O–H groups in total. The number of aryl methyl sites for hydroxylation is 1. The Morgan fingerprint density at radius 1 is 1.24 bits per heavy atom. The predicted molar refractivity (Wildman–Crippen MR) is 83.9 cm³/mol. The van der Waals surface area contributed by atoms with E-state index in [0.717, 1.165) is 28.2 Å². The number of benzene rings is 1. The lowest BCUT2D eigenvalue weighted by Gasteiger charge is -2.07. The number of nitrogens with zero attached hydrogens (tertiary/aromatic N) is 3. The Kier molecular flexibility index (Phi) is 2.79. The lowest BCUT2D eigenvalue weighted by atomic mass is 10.2. The van der Waals surface area contributed by atoms with Gasteiger partial charge in [0.15, 0.2) is 0 Å². The van der Waals surface area contributed by atoms with Crippen molar-refractivity contribution in [1.82, 2.24) is 14.5 Å². The Hall–Kier alpha value is -2.20. The Balaban J connectivity index is 1.94. The van der Waals surface area contributed by atoms with E-state index in [1.54, 1.807) is 0 Å². The zero-order chi connectivity index (χ0) is 14.4. The minimum absolute atomic E-state index is 0.549. The van der Waals surface area contributed by atoms with Gasteiger partial charge in [-0.15, -0.1) is 0 Å². The molecule has 0 spiro atoms. The highest BCUT2D eigenvalue weighted by atomic mass is 15.1. The van der Waals surface area contributed by atoms with Crippen LogP contribution in [0.2, 0.25) is 0 Å². The molecule has 1 saturated carbocycles. The first-order chi connectivity index (χ1) is 10.3. The maximum absolute atomic E-state index is 5.74. The summed E-state index contributed by atoms with van der Waals surface area (Å²) in [6.45, 7) is 2.55. The third-order valence-electron chi connectivity index (χ3n) is 4.07. The molecule has 106 valence electrons. The molecule has 0 amide bonds. The molecular formula is C17H18N4. The fraction of sp³-hybridized carbons (Fsp3) is 0.294. The third kappa shape index (κ3) is 2.12. The van der Waals surface area contributed by atoms with E-state index in [9.17, 15) is 0 Å². The average molecular weight is 278 g/mol. The molecule has 1 fully saturated rings. The summed E-state index contributed by atoms with van der Waals surface area (Å²) in [6, 6.07) is 11.1. The smallest absolute Gasteiger partial charge is 0.142 e. The van der Waals surface area contributed by atoms with Crippen molar-refractivity contribution in [2.24, 2.45) is 5.73 Å². The van der Waals surface area contributed by atoms with Gasteiger partial charge in [-0.3, -0.25) is 4.98 Å². The zero-order valence-electron chi connectivity index (χ0n) is 12.1. The second-order valence-corrected chi connectivity index (χ2v) is 5.75. The van der Waals surface area contributed by atoms with Gasteiger partial charge in [0, 0.05) is 30.0 Å². The summed E-state index contributed by atoms with van der Waals surface area (Å²) in [5.41, 5.74) is 11.2. The Morgan fingerprint density at radius 3 is 2.76 bits per heavy atom. The van der Waals surface area contributed by atoms with Crippen LogP contribution in [0.4, 0.5) is 0 Å². The van der Waals surface area contributed by atoms with E-state index >= 15 is 0 Å². The molecule has 0 radical (unpaired) electrons. The van der Waals surface area contributed by atoms with E-state index in [2.05, 4.69) is 33.8 Å². The summed E-state index contributed by atoms with van der Waals surface area (Å²) >= 11 is 0. The molecule has 2 heterocycles. The largest absolute Gasteiger partial charge is 0.326 e. The molecule has 0 unspecified atom stereocenters. The van der Waals surface area contributed by atoms with Gasteiger partial charge in [-0.25, -0.2) is 4.98 Å². The van der Waals surface area contributed by atoms with Gasteiger partial charge in [-0.05, 0) is 49.6 Å². The molecule has 3 aromatic rings. The van der Waals surface area contributed by atoms with Crippen LogP contribution in [0.1, 0.15) is 30.1 Å². The number of nitrogens with two attached hydrogens (primary N) is 1. The van der Waals surface area contributed by atoms with Gasteiger partial charge >= 0.3 is 0 Å². The fourth-order valence-corrected chi connectivity index (χ4v) is 2.78. The summed E-state index contributed by atoms with van der Waals surface area (Å²) in [4.78, 5) is 9.26. The fourth-order valence-electron chi connectivity index (χ4n) is 2.78. The maximum atomic E-state index is 5.74. The number of pyridine rings is 1. The number of imidazole rings is 1. The van der Waals surface area contributed by atoms with Gasteiger partial charge in [0.25, 0.3) is 0 Å². The summed E-state index contributed by atoms with van der Waals surface area (Å²) in [5, 5.41) is 0. The van der Waals surface area contributed by atoms with Crippen molar-refractivity contribution >= 4 is 11.0 Å². The first kappa shape index (κ1) is 12.5. The van der Waals surface area contributed by atoms with Crippen molar-refractivity contribution in [3.8, 4) is 11.4 Å². The lowest BCUT2D eigenvalue weighted by molar-refractivity contribution is 0.774. The van der Waals surface area contributed by atoms with Crippen LogP contribution in [-0.2, 0) is 6.54 Å². The summed E-state index contributed by atoms with van der Waals surface area (Å²) in [7, 11) is 0. The molecule has 0 aliphatic heterocycles. The average Bonchev–Trinajstić information content (AvgIpc) is 3.27. The van der Waals surface area contributed by atoms with Crippen LogP contribution in [0.15, 0.2) is 36.5 Å². The van der Waals surface area contributed by atoms with Crippen LogP contribution in [0.25, 0.3) is 22.4 Å². The van der Waals surface area contributed by atoms with E-state index in [-0.39, 0.29) is 0 Å². The number of hydrogen-bond acceptors (Lipinski definition) is 3. The van der Waals surface area contributed by atoms with Crippen LogP contribution in [-0.4, -0.2) is 14.5 Å². The zero-order valence-corrected chi connectivity index (χ0v) is 12.1. The van der Waals surface area contributed by atoms with Gasteiger partial charge in [0.1, 0.15) is 5.82 Å². The molecular weight excluding hydrogens is 260 g/mol. The number of aromatic nitrogens is 3. The molecule has 1 aromatic carbocycles. The van der Waals surface area contributed by atoms with Crippen molar-refractivity contribution < 1.29 is 0 Å². The first-order valence-corrected chi connectivity index (χ1v) is 7.40. The second kappa shape index (κ2) is 4.67. The Bertz CT molecular complexity index is 798. The standard InChI is InChI=1S/C17H18N4/c1-11-2-4-13(10-19-11)17-20-15-8-12(9-18)3-7-16(15)21(17)14-5-6-14/h2-4,7-8,10,14H,5-6,9,18H2,1H3. The number of hydrogen-bond donors (Lipinski definition) is 1. The first-order valence-electron chi connectivity index (χ1n) is 7.40. The molecule has 1 aliphatic rings. The molecule has 4 heteroatoms. The van der Waals surface area contributed by atoms with E-state index in [4.69, 9.17) is 10.7 Å². The van der Waals surface area contributed by atoms with Gasteiger partial charge in [-0.1, -0.05) is 6.07 Å². The van der Waals surface area contributed by atoms with Crippen LogP contribution in [0, 0.1) is 6.92 Å². The molecule has 2 aromatic heterocycles. The van der Waals surface area contributed by atoms with Crippen molar-refractivity contribution in [1.29, 1.82) is 0 Å². The van der Waals surface area contributed by atoms with Gasteiger partial charge in [0.05, 0.1) is 11.0 Å².